The Balaban J connectivity index is 2.09. The average molecular weight is 191 g/mol. The highest BCUT2D eigenvalue weighted by atomic mass is 14.8. The van der Waals surface area contributed by atoms with Crippen LogP contribution in [0, 0.1) is 12.8 Å². The van der Waals surface area contributed by atoms with Gasteiger partial charge in [0.15, 0.2) is 0 Å². The van der Waals surface area contributed by atoms with Gasteiger partial charge in [0.1, 0.15) is 0 Å². The van der Waals surface area contributed by atoms with Crippen molar-refractivity contribution in [2.24, 2.45) is 11.7 Å². The van der Waals surface area contributed by atoms with Gasteiger partial charge in [-0.25, -0.2) is 0 Å². The summed E-state index contributed by atoms with van der Waals surface area (Å²) >= 11 is 0. The van der Waals surface area contributed by atoms with E-state index in [1.165, 1.54) is 25.7 Å². The maximum atomic E-state index is 6.15. The number of nitrogens with zero attached hydrogens (tertiary/aromatic N) is 2. The SMILES string of the molecule is Cc1cnc(C(N)C2CCCC2)cn1. The summed E-state index contributed by atoms with van der Waals surface area (Å²) in [4.78, 5) is 8.56. The Morgan fingerprint density at radius 1 is 1.29 bits per heavy atom. The normalized spacial score (nSPS) is 19.9. The van der Waals surface area contributed by atoms with Gasteiger partial charge >= 0.3 is 0 Å². The van der Waals surface area contributed by atoms with Crippen LogP contribution in [0.5, 0.6) is 0 Å². The number of hydrogen-bond acceptors (Lipinski definition) is 3. The molecular formula is C11H17N3. The molecule has 0 spiro atoms. The predicted octanol–water partition coefficient (Wildman–Crippen LogP) is 1.98. The highest BCUT2D eigenvalue weighted by molar-refractivity contribution is 5.06. The third-order valence-electron chi connectivity index (χ3n) is 3.05. The number of aryl methyl sites for hydroxylation is 1. The van der Waals surface area contributed by atoms with Gasteiger partial charge in [-0.15, -0.1) is 0 Å². The first-order valence-electron chi connectivity index (χ1n) is 5.31. The van der Waals surface area contributed by atoms with Crippen molar-refractivity contribution in [3.05, 3.63) is 23.8 Å². The van der Waals surface area contributed by atoms with E-state index >= 15 is 0 Å². The van der Waals surface area contributed by atoms with E-state index in [1.807, 2.05) is 13.1 Å². The van der Waals surface area contributed by atoms with Gasteiger partial charge in [0, 0.05) is 6.20 Å². The Hall–Kier alpha value is -0.960. The molecule has 0 aromatic carbocycles. The van der Waals surface area contributed by atoms with Crippen molar-refractivity contribution in [3.63, 3.8) is 0 Å². The van der Waals surface area contributed by atoms with E-state index in [2.05, 4.69) is 9.97 Å². The lowest BCUT2D eigenvalue weighted by Gasteiger charge is -2.17. The molecule has 3 nitrogen and oxygen atoms in total. The molecule has 2 N–H and O–H groups in total. The summed E-state index contributed by atoms with van der Waals surface area (Å²) in [5.74, 6) is 0.618. The molecule has 1 aromatic rings. The summed E-state index contributed by atoms with van der Waals surface area (Å²) in [5.41, 5.74) is 8.05. The summed E-state index contributed by atoms with van der Waals surface area (Å²) in [6, 6.07) is 0.0885. The third-order valence-corrected chi connectivity index (χ3v) is 3.05. The molecule has 1 fully saturated rings. The molecule has 0 amide bonds. The minimum absolute atomic E-state index is 0.0885. The number of aromatic nitrogens is 2. The van der Waals surface area contributed by atoms with Crippen molar-refractivity contribution < 1.29 is 0 Å². The van der Waals surface area contributed by atoms with Gasteiger partial charge in [0.05, 0.1) is 23.6 Å². The smallest absolute Gasteiger partial charge is 0.0756 e. The van der Waals surface area contributed by atoms with E-state index in [4.69, 9.17) is 5.73 Å². The molecule has 1 unspecified atom stereocenters. The molecule has 0 aliphatic heterocycles. The molecule has 1 saturated carbocycles. The monoisotopic (exact) mass is 191 g/mol. The fourth-order valence-corrected chi connectivity index (χ4v) is 2.13. The van der Waals surface area contributed by atoms with Gasteiger partial charge in [-0.1, -0.05) is 12.8 Å². The van der Waals surface area contributed by atoms with Gasteiger partial charge in [-0.2, -0.15) is 0 Å². The summed E-state index contributed by atoms with van der Waals surface area (Å²) in [5, 5.41) is 0. The van der Waals surface area contributed by atoms with Crippen LogP contribution >= 0.6 is 0 Å². The molecule has 3 heteroatoms. The zero-order chi connectivity index (χ0) is 9.97. The molecule has 2 rings (SSSR count). The largest absolute Gasteiger partial charge is 0.322 e. The molecule has 1 aliphatic rings. The standard InChI is InChI=1S/C11H17N3/c1-8-6-14-10(7-13-8)11(12)9-4-2-3-5-9/h6-7,9,11H,2-5,12H2,1H3. The lowest BCUT2D eigenvalue weighted by molar-refractivity contribution is 0.435. The van der Waals surface area contributed by atoms with E-state index in [0.29, 0.717) is 5.92 Å². The van der Waals surface area contributed by atoms with Crippen LogP contribution in [-0.4, -0.2) is 9.97 Å². The molecule has 0 saturated heterocycles. The fourth-order valence-electron chi connectivity index (χ4n) is 2.13. The van der Waals surface area contributed by atoms with E-state index in [-0.39, 0.29) is 6.04 Å². The number of nitrogens with two attached hydrogens (primary N) is 1. The highest BCUT2D eigenvalue weighted by Gasteiger charge is 2.24. The first-order valence-corrected chi connectivity index (χ1v) is 5.31. The van der Waals surface area contributed by atoms with Gasteiger partial charge in [0.2, 0.25) is 0 Å². The molecule has 1 heterocycles. The van der Waals surface area contributed by atoms with Gasteiger partial charge < -0.3 is 5.73 Å². The summed E-state index contributed by atoms with van der Waals surface area (Å²) < 4.78 is 0. The minimum Gasteiger partial charge on any atom is -0.322 e. The zero-order valence-electron chi connectivity index (χ0n) is 8.61. The zero-order valence-corrected chi connectivity index (χ0v) is 8.61. The second-order valence-corrected chi connectivity index (χ2v) is 4.15. The van der Waals surface area contributed by atoms with E-state index in [9.17, 15) is 0 Å². The van der Waals surface area contributed by atoms with Gasteiger partial charge in [-0.3, -0.25) is 9.97 Å². The number of hydrogen-bond donors (Lipinski definition) is 1. The minimum atomic E-state index is 0.0885. The van der Waals surface area contributed by atoms with Crippen LogP contribution < -0.4 is 5.73 Å². The molecule has 0 radical (unpaired) electrons. The quantitative estimate of drug-likeness (QED) is 0.777. The van der Waals surface area contributed by atoms with Crippen molar-refractivity contribution in [3.8, 4) is 0 Å². The van der Waals surface area contributed by atoms with E-state index in [1.54, 1.807) is 6.20 Å². The van der Waals surface area contributed by atoms with Crippen LogP contribution in [0.25, 0.3) is 0 Å². The lowest BCUT2D eigenvalue weighted by atomic mass is 9.96. The molecule has 0 bridgehead atoms. The first kappa shape index (κ1) is 9.59. The Morgan fingerprint density at radius 2 is 2.00 bits per heavy atom. The maximum absolute atomic E-state index is 6.15. The Bertz CT molecular complexity index is 288. The molecule has 14 heavy (non-hydrogen) atoms. The maximum Gasteiger partial charge on any atom is 0.0756 e. The fraction of sp³-hybridized carbons (Fsp3) is 0.636. The Morgan fingerprint density at radius 3 is 2.57 bits per heavy atom. The average Bonchev–Trinajstić information content (AvgIpc) is 2.71. The van der Waals surface area contributed by atoms with Crippen LogP contribution in [0.4, 0.5) is 0 Å². The van der Waals surface area contributed by atoms with Crippen LogP contribution in [0.1, 0.15) is 43.1 Å². The predicted molar refractivity (Wildman–Crippen MR) is 55.7 cm³/mol. The third kappa shape index (κ3) is 1.93. The molecule has 76 valence electrons. The Labute approximate surface area is 84.8 Å². The van der Waals surface area contributed by atoms with Crippen molar-refractivity contribution in [1.29, 1.82) is 0 Å². The van der Waals surface area contributed by atoms with Crippen molar-refractivity contribution in [1.82, 2.24) is 9.97 Å². The van der Waals surface area contributed by atoms with Crippen molar-refractivity contribution in [2.45, 2.75) is 38.6 Å². The molecule has 1 aliphatic carbocycles. The van der Waals surface area contributed by atoms with Crippen LogP contribution in [0.15, 0.2) is 12.4 Å². The molecular weight excluding hydrogens is 174 g/mol. The van der Waals surface area contributed by atoms with Crippen LogP contribution in [0.2, 0.25) is 0 Å². The Kier molecular flexibility index (Phi) is 2.77. The summed E-state index contributed by atoms with van der Waals surface area (Å²) in [6.07, 6.45) is 8.74. The summed E-state index contributed by atoms with van der Waals surface area (Å²) in [6.45, 7) is 1.94. The second kappa shape index (κ2) is 4.05. The molecule has 1 aromatic heterocycles. The van der Waals surface area contributed by atoms with Crippen LogP contribution in [-0.2, 0) is 0 Å². The van der Waals surface area contributed by atoms with Crippen LogP contribution in [0.3, 0.4) is 0 Å². The topological polar surface area (TPSA) is 51.8 Å². The number of rotatable bonds is 2. The van der Waals surface area contributed by atoms with Gasteiger partial charge in [0.25, 0.3) is 0 Å². The summed E-state index contributed by atoms with van der Waals surface area (Å²) in [7, 11) is 0. The first-order chi connectivity index (χ1) is 6.77. The van der Waals surface area contributed by atoms with Crippen molar-refractivity contribution >= 4 is 0 Å². The highest BCUT2D eigenvalue weighted by Crippen LogP contribution is 2.33. The van der Waals surface area contributed by atoms with E-state index < -0.39 is 0 Å². The molecule has 1 atom stereocenters. The van der Waals surface area contributed by atoms with Crippen molar-refractivity contribution in [2.75, 3.05) is 0 Å². The second-order valence-electron chi connectivity index (χ2n) is 4.15. The van der Waals surface area contributed by atoms with Gasteiger partial charge in [-0.05, 0) is 25.7 Å². The lowest BCUT2D eigenvalue weighted by Crippen LogP contribution is -2.20. The van der Waals surface area contributed by atoms with E-state index in [0.717, 1.165) is 11.4 Å².